The van der Waals surface area contributed by atoms with E-state index in [2.05, 4.69) is 39.0 Å². The van der Waals surface area contributed by atoms with E-state index < -0.39 is 0 Å². The number of carbonyl (C=O) groups is 1. The van der Waals surface area contributed by atoms with E-state index in [1.807, 2.05) is 66.7 Å². The largest absolute Gasteiger partial charge is 0.423 e. The number of hydrogen-bond acceptors (Lipinski definition) is 8. The van der Waals surface area contributed by atoms with E-state index in [-0.39, 0.29) is 5.97 Å². The lowest BCUT2D eigenvalue weighted by molar-refractivity contribution is 0.0735. The van der Waals surface area contributed by atoms with Crippen LogP contribution in [0.3, 0.4) is 0 Å². The van der Waals surface area contributed by atoms with Crippen LogP contribution in [0.1, 0.15) is 48.5 Å². The number of benzene rings is 3. The number of hydrogen-bond donors (Lipinski definition) is 2. The first-order chi connectivity index (χ1) is 19.2. The molecule has 39 heavy (non-hydrogen) atoms. The molecular weight excluding hydrogens is 506 g/mol. The highest BCUT2D eigenvalue weighted by atomic mass is 32.1. The summed E-state index contributed by atoms with van der Waals surface area (Å²) < 4.78 is 5.53. The Balaban J connectivity index is 1.08. The minimum absolute atomic E-state index is 0.362. The van der Waals surface area contributed by atoms with Gasteiger partial charge in [0.25, 0.3) is 0 Å². The van der Waals surface area contributed by atoms with Gasteiger partial charge in [-0.3, -0.25) is 0 Å². The first kappa shape index (κ1) is 26.4. The quantitative estimate of drug-likeness (QED) is 0.0862. The second kappa shape index (κ2) is 13.1. The van der Waals surface area contributed by atoms with E-state index in [0.29, 0.717) is 11.3 Å². The number of aryl methyl sites for hydroxylation is 1. The number of anilines is 3. The molecule has 0 bridgehead atoms. The van der Waals surface area contributed by atoms with Gasteiger partial charge in [0.05, 0.1) is 27.6 Å². The standard InChI is InChI=1S/C31H33N5O2S/c1-2-3-6-23-7-9-24(10-8-23)31(37)38-28-17-15-27(16-18-28)33-32-25-11-13-26(14-12-25)34-35-29-19-20-30(39-29)36-21-4-5-22-36/h7-20,32-33H,2-6,21-22H2,1H3. The second-order valence-corrected chi connectivity index (χ2v) is 10.6. The van der Waals surface area contributed by atoms with Crippen LogP contribution < -0.4 is 20.5 Å². The molecule has 0 atom stereocenters. The summed E-state index contributed by atoms with van der Waals surface area (Å²) >= 11 is 1.68. The molecule has 1 fully saturated rings. The van der Waals surface area contributed by atoms with E-state index in [1.54, 1.807) is 23.5 Å². The van der Waals surface area contributed by atoms with Crippen molar-refractivity contribution in [1.82, 2.24) is 0 Å². The smallest absolute Gasteiger partial charge is 0.343 e. The number of nitrogens with one attached hydrogen (secondary N) is 2. The Bertz CT molecular complexity index is 1380. The van der Waals surface area contributed by atoms with Gasteiger partial charge in [-0.15, -0.1) is 10.2 Å². The van der Waals surface area contributed by atoms with Crippen LogP contribution in [-0.2, 0) is 6.42 Å². The summed E-state index contributed by atoms with van der Waals surface area (Å²) in [5, 5.41) is 11.0. The van der Waals surface area contributed by atoms with Crippen LogP contribution in [0.15, 0.2) is 95.2 Å². The first-order valence-electron chi connectivity index (χ1n) is 13.5. The van der Waals surface area contributed by atoms with Crippen LogP contribution in [0.4, 0.5) is 27.1 Å². The maximum Gasteiger partial charge on any atom is 0.343 e. The van der Waals surface area contributed by atoms with Gasteiger partial charge in [0, 0.05) is 13.1 Å². The number of thiophene rings is 1. The highest BCUT2D eigenvalue weighted by Crippen LogP contribution is 2.34. The van der Waals surface area contributed by atoms with Gasteiger partial charge in [-0.25, -0.2) is 4.79 Å². The fourth-order valence-electron chi connectivity index (χ4n) is 4.30. The SMILES string of the molecule is CCCCc1ccc(C(=O)Oc2ccc(NNc3ccc(N=Nc4ccc(N5CCCC5)s4)cc3)cc2)cc1. The minimum Gasteiger partial charge on any atom is -0.423 e. The molecule has 0 spiro atoms. The van der Waals surface area contributed by atoms with Crippen molar-refractivity contribution in [3.8, 4) is 5.75 Å². The predicted octanol–water partition coefficient (Wildman–Crippen LogP) is 8.76. The van der Waals surface area contributed by atoms with Gasteiger partial charge in [-0.2, -0.15) is 0 Å². The molecular formula is C31H33N5O2S. The number of unbranched alkanes of at least 4 members (excludes halogenated alkanes) is 1. The highest BCUT2D eigenvalue weighted by molar-refractivity contribution is 7.19. The van der Waals surface area contributed by atoms with Crippen molar-refractivity contribution in [3.63, 3.8) is 0 Å². The normalized spacial score (nSPS) is 13.1. The number of nitrogens with zero attached hydrogens (tertiary/aromatic N) is 3. The molecule has 0 aliphatic carbocycles. The highest BCUT2D eigenvalue weighted by Gasteiger charge is 2.14. The molecule has 8 heteroatoms. The van der Waals surface area contributed by atoms with E-state index in [9.17, 15) is 4.79 Å². The van der Waals surface area contributed by atoms with Gasteiger partial charge in [0.2, 0.25) is 0 Å². The Hall–Kier alpha value is -4.17. The van der Waals surface area contributed by atoms with Crippen LogP contribution in [0.5, 0.6) is 5.75 Å². The van der Waals surface area contributed by atoms with Gasteiger partial charge < -0.3 is 20.5 Å². The molecule has 2 N–H and O–H groups in total. The summed E-state index contributed by atoms with van der Waals surface area (Å²) in [6.07, 6.45) is 5.85. The lowest BCUT2D eigenvalue weighted by atomic mass is 10.1. The van der Waals surface area contributed by atoms with Crippen molar-refractivity contribution in [2.75, 3.05) is 28.8 Å². The van der Waals surface area contributed by atoms with Gasteiger partial charge in [0.1, 0.15) is 10.8 Å². The van der Waals surface area contributed by atoms with Gasteiger partial charge in [-0.1, -0.05) is 36.8 Å². The van der Waals surface area contributed by atoms with Crippen molar-refractivity contribution >= 4 is 44.4 Å². The number of rotatable bonds is 11. The molecule has 7 nitrogen and oxygen atoms in total. The Kier molecular flexibility index (Phi) is 8.86. The monoisotopic (exact) mass is 539 g/mol. The summed E-state index contributed by atoms with van der Waals surface area (Å²) in [7, 11) is 0. The first-order valence-corrected chi connectivity index (χ1v) is 14.3. The van der Waals surface area contributed by atoms with Gasteiger partial charge in [0.15, 0.2) is 0 Å². The number of esters is 1. The van der Waals surface area contributed by atoms with Crippen molar-refractivity contribution in [3.05, 3.63) is 96.1 Å². The molecule has 0 saturated carbocycles. The predicted molar refractivity (Wildman–Crippen MR) is 160 cm³/mol. The molecule has 1 aromatic heterocycles. The average Bonchev–Trinajstić information content (AvgIpc) is 3.68. The Morgan fingerprint density at radius 2 is 1.51 bits per heavy atom. The minimum atomic E-state index is -0.362. The van der Waals surface area contributed by atoms with E-state index >= 15 is 0 Å². The molecule has 0 unspecified atom stereocenters. The third-order valence-corrected chi connectivity index (χ3v) is 7.58. The van der Waals surface area contributed by atoms with Gasteiger partial charge in [-0.05, 0) is 104 Å². The molecule has 1 aliphatic heterocycles. The Labute approximate surface area is 233 Å². The second-order valence-electron chi connectivity index (χ2n) is 9.52. The average molecular weight is 540 g/mol. The van der Waals surface area contributed by atoms with Crippen LogP contribution in [0.25, 0.3) is 0 Å². The third-order valence-electron chi connectivity index (χ3n) is 6.55. The number of ether oxygens (including phenoxy) is 1. The van der Waals surface area contributed by atoms with Gasteiger partial charge >= 0.3 is 5.97 Å². The Morgan fingerprint density at radius 3 is 2.18 bits per heavy atom. The van der Waals surface area contributed by atoms with E-state index in [0.717, 1.165) is 54.4 Å². The third kappa shape index (κ3) is 7.45. The summed E-state index contributed by atoms with van der Waals surface area (Å²) in [5.74, 6) is 0.132. The van der Waals surface area contributed by atoms with Crippen LogP contribution in [0.2, 0.25) is 0 Å². The lowest BCUT2D eigenvalue weighted by Gasteiger charge is -2.13. The van der Waals surface area contributed by atoms with Crippen LogP contribution in [0, 0.1) is 0 Å². The lowest BCUT2D eigenvalue weighted by Crippen LogP contribution is -2.15. The molecule has 0 radical (unpaired) electrons. The zero-order valence-corrected chi connectivity index (χ0v) is 22.9. The zero-order chi connectivity index (χ0) is 26.9. The summed E-state index contributed by atoms with van der Waals surface area (Å²) in [6, 6.07) is 26.7. The molecule has 5 rings (SSSR count). The fourth-order valence-corrected chi connectivity index (χ4v) is 5.18. The maximum absolute atomic E-state index is 12.5. The molecule has 0 amide bonds. The van der Waals surface area contributed by atoms with E-state index in [1.165, 1.54) is 23.4 Å². The maximum atomic E-state index is 12.5. The molecule has 1 aliphatic rings. The zero-order valence-electron chi connectivity index (χ0n) is 22.1. The topological polar surface area (TPSA) is 78.3 Å². The number of azo groups is 1. The summed E-state index contributed by atoms with van der Waals surface area (Å²) in [5.41, 5.74) is 10.6. The van der Waals surface area contributed by atoms with Crippen molar-refractivity contribution < 1.29 is 9.53 Å². The van der Waals surface area contributed by atoms with Crippen LogP contribution in [-0.4, -0.2) is 19.1 Å². The summed E-state index contributed by atoms with van der Waals surface area (Å²) in [6.45, 7) is 4.43. The van der Waals surface area contributed by atoms with Crippen molar-refractivity contribution in [2.24, 2.45) is 10.2 Å². The van der Waals surface area contributed by atoms with E-state index in [4.69, 9.17) is 4.74 Å². The fraction of sp³-hybridized carbons (Fsp3) is 0.258. The molecule has 200 valence electrons. The summed E-state index contributed by atoms with van der Waals surface area (Å²) in [4.78, 5) is 14.9. The molecule has 3 aromatic carbocycles. The Morgan fingerprint density at radius 1 is 0.846 bits per heavy atom. The number of hydrazine groups is 1. The molecule has 2 heterocycles. The molecule has 1 saturated heterocycles. The number of carbonyl (C=O) groups excluding carboxylic acids is 1. The van der Waals surface area contributed by atoms with Crippen molar-refractivity contribution in [1.29, 1.82) is 0 Å². The molecule has 4 aromatic rings. The van der Waals surface area contributed by atoms with Crippen molar-refractivity contribution in [2.45, 2.75) is 39.0 Å². The van der Waals surface area contributed by atoms with Crippen LogP contribution >= 0.6 is 11.3 Å².